The molecular weight excluding hydrogens is 781 g/mol. The SMILES string of the molecule is CCCCC/C=C\C/C=C\CCCCCCCC(=O)OC[C@H](COP(=O)(O)OC[C@H](N)C(=O)O)OC(=O)CCCCCC[C@H]1C(=O)C[C@@H](O)[C@@H]1/C=C/[C@@H](O)CCCCC. The number of carboxylic acids is 1. The molecular formula is C44H76NO13P. The van der Waals surface area contributed by atoms with Crippen molar-refractivity contribution in [3.63, 3.8) is 0 Å². The number of aliphatic carboxylic acids is 1. The van der Waals surface area contributed by atoms with Crippen LogP contribution in [-0.2, 0) is 42.3 Å². The lowest BCUT2D eigenvalue weighted by atomic mass is 9.88. The minimum Gasteiger partial charge on any atom is -0.480 e. The number of esters is 2. The van der Waals surface area contributed by atoms with E-state index in [0.717, 1.165) is 70.6 Å². The van der Waals surface area contributed by atoms with Crippen LogP contribution in [0.4, 0.5) is 0 Å². The zero-order chi connectivity index (χ0) is 43.7. The first-order chi connectivity index (χ1) is 28.3. The molecule has 0 aromatic carbocycles. The van der Waals surface area contributed by atoms with Gasteiger partial charge in [0.05, 0.1) is 25.4 Å². The van der Waals surface area contributed by atoms with Gasteiger partial charge in [0.1, 0.15) is 18.4 Å². The number of allylic oxidation sites excluding steroid dienone is 4. The van der Waals surface area contributed by atoms with Crippen LogP contribution in [0.2, 0.25) is 0 Å². The van der Waals surface area contributed by atoms with Crippen molar-refractivity contribution in [2.24, 2.45) is 17.6 Å². The summed E-state index contributed by atoms with van der Waals surface area (Å²) in [6.07, 6.45) is 28.2. The molecule has 14 nitrogen and oxygen atoms in total. The summed E-state index contributed by atoms with van der Waals surface area (Å²) < 4.78 is 32.7. The lowest BCUT2D eigenvalue weighted by Gasteiger charge is -2.20. The van der Waals surface area contributed by atoms with Gasteiger partial charge in [-0.2, -0.15) is 0 Å². The number of ether oxygens (including phenoxy) is 2. The van der Waals surface area contributed by atoms with Crippen LogP contribution < -0.4 is 5.73 Å². The number of rotatable bonds is 37. The van der Waals surface area contributed by atoms with E-state index >= 15 is 0 Å². The van der Waals surface area contributed by atoms with Gasteiger partial charge in [0.2, 0.25) is 0 Å². The van der Waals surface area contributed by atoms with Crippen LogP contribution in [0.1, 0.15) is 162 Å². The first-order valence-corrected chi connectivity index (χ1v) is 23.6. The third-order valence-corrected chi connectivity index (χ3v) is 11.2. The number of phosphoric ester groups is 1. The largest absolute Gasteiger partial charge is 0.480 e. The van der Waals surface area contributed by atoms with Crippen LogP contribution in [0.3, 0.4) is 0 Å². The summed E-state index contributed by atoms with van der Waals surface area (Å²) in [5.74, 6) is -3.23. The highest BCUT2D eigenvalue weighted by atomic mass is 31.2. The highest BCUT2D eigenvalue weighted by Crippen LogP contribution is 2.43. The number of nitrogens with two attached hydrogens (primary N) is 1. The summed E-state index contributed by atoms with van der Waals surface area (Å²) in [5, 5.41) is 29.6. The first-order valence-electron chi connectivity index (χ1n) is 22.1. The molecule has 1 aliphatic rings. The van der Waals surface area contributed by atoms with E-state index in [1.807, 2.05) is 0 Å². The molecule has 0 aliphatic heterocycles. The van der Waals surface area contributed by atoms with E-state index in [2.05, 4.69) is 42.7 Å². The van der Waals surface area contributed by atoms with E-state index < -0.39 is 69.9 Å². The summed E-state index contributed by atoms with van der Waals surface area (Å²) in [5.41, 5.74) is 5.33. The Labute approximate surface area is 353 Å². The zero-order valence-corrected chi connectivity index (χ0v) is 36.7. The van der Waals surface area contributed by atoms with Crippen molar-refractivity contribution < 1.29 is 62.5 Å². The molecule has 1 saturated carbocycles. The summed E-state index contributed by atoms with van der Waals surface area (Å²) in [7, 11) is -4.79. The van der Waals surface area contributed by atoms with Crippen LogP contribution in [0.5, 0.6) is 0 Å². The van der Waals surface area contributed by atoms with Crippen molar-refractivity contribution in [2.45, 2.75) is 186 Å². The lowest BCUT2D eigenvalue weighted by Crippen LogP contribution is -2.34. The third kappa shape index (κ3) is 28.4. The Kier molecular flexibility index (Phi) is 31.2. The van der Waals surface area contributed by atoms with Gasteiger partial charge in [-0.3, -0.25) is 28.2 Å². The molecule has 0 spiro atoms. The Hall–Kier alpha value is -2.71. The highest BCUT2D eigenvalue weighted by molar-refractivity contribution is 7.47. The van der Waals surface area contributed by atoms with Gasteiger partial charge in [0, 0.05) is 31.1 Å². The van der Waals surface area contributed by atoms with Crippen molar-refractivity contribution >= 4 is 31.5 Å². The van der Waals surface area contributed by atoms with Crippen molar-refractivity contribution in [2.75, 3.05) is 19.8 Å². The second-order valence-electron chi connectivity index (χ2n) is 15.6. The smallest absolute Gasteiger partial charge is 0.472 e. The Morgan fingerprint density at radius 2 is 1.37 bits per heavy atom. The maximum atomic E-state index is 12.7. The predicted molar refractivity (Wildman–Crippen MR) is 227 cm³/mol. The Bertz CT molecular complexity index is 1310. The molecule has 1 unspecified atom stereocenters. The number of carbonyl (C=O) groups is 4. The van der Waals surface area contributed by atoms with Gasteiger partial charge in [-0.05, 0) is 57.8 Å². The molecule has 0 heterocycles. The normalized spacial score (nSPS) is 19.7. The Morgan fingerprint density at radius 3 is 2.03 bits per heavy atom. The van der Waals surface area contributed by atoms with Gasteiger partial charge < -0.3 is 35.4 Å². The minimum absolute atomic E-state index is 0.0127. The van der Waals surface area contributed by atoms with Gasteiger partial charge in [-0.15, -0.1) is 0 Å². The number of hydrogen-bond acceptors (Lipinski definition) is 12. The number of aliphatic hydroxyl groups excluding tert-OH is 2. The molecule has 0 radical (unpaired) electrons. The van der Waals surface area contributed by atoms with E-state index in [9.17, 15) is 38.8 Å². The van der Waals surface area contributed by atoms with Crippen LogP contribution in [0.15, 0.2) is 36.5 Å². The predicted octanol–water partition coefficient (Wildman–Crippen LogP) is 8.20. The van der Waals surface area contributed by atoms with Crippen molar-refractivity contribution in [1.29, 1.82) is 0 Å². The van der Waals surface area contributed by atoms with Gasteiger partial charge >= 0.3 is 25.7 Å². The van der Waals surface area contributed by atoms with E-state index in [1.165, 1.54) is 19.3 Å². The standard InChI is InChI=1S/C44H76NO13P/c1-3-5-7-8-9-10-11-12-13-14-15-16-17-18-23-27-42(49)55-32-36(33-56-59(53,54)57-34-39(45)44(51)52)58-43(50)28-24-20-19-22-26-37-38(41(48)31-40(37)47)30-29-35(46)25-21-6-4-2/h9-10,12-13,29-30,35-39,41,46,48H,3-8,11,14-28,31-34,45H2,1-2H3,(H,51,52)(H,53,54)/b10-9-,13-12-,30-29+/t35-,36+,37+,38+,39-,41+/m0/s1. The Balaban J connectivity index is 2.49. The number of phosphoric acid groups is 1. The van der Waals surface area contributed by atoms with Crippen molar-refractivity contribution in [1.82, 2.24) is 0 Å². The van der Waals surface area contributed by atoms with Gasteiger partial charge in [0.25, 0.3) is 0 Å². The quantitative estimate of drug-likeness (QED) is 0.0172. The molecule has 340 valence electrons. The monoisotopic (exact) mass is 858 g/mol. The molecule has 0 aromatic heterocycles. The number of ketones is 1. The second-order valence-corrected chi connectivity index (χ2v) is 17.1. The van der Waals surface area contributed by atoms with Crippen LogP contribution >= 0.6 is 7.82 Å². The van der Waals surface area contributed by atoms with E-state index in [0.29, 0.717) is 38.5 Å². The third-order valence-electron chi connectivity index (χ3n) is 10.3. The average molecular weight is 858 g/mol. The van der Waals surface area contributed by atoms with Gasteiger partial charge in [0.15, 0.2) is 6.10 Å². The van der Waals surface area contributed by atoms with Crippen LogP contribution in [-0.4, -0.2) is 88.1 Å². The second kappa shape index (κ2) is 33.9. The van der Waals surface area contributed by atoms with Crippen molar-refractivity contribution in [3.8, 4) is 0 Å². The minimum atomic E-state index is -4.79. The molecule has 1 rings (SSSR count). The number of carboxylic acid groups (broad SMARTS) is 1. The highest BCUT2D eigenvalue weighted by Gasteiger charge is 2.39. The molecule has 59 heavy (non-hydrogen) atoms. The lowest BCUT2D eigenvalue weighted by molar-refractivity contribution is -0.161. The number of carbonyl (C=O) groups excluding carboxylic acids is 3. The number of hydrogen-bond donors (Lipinski definition) is 5. The number of Topliss-reactive ketones (excluding diaryl/α,β-unsaturated/α-hetero) is 1. The molecule has 0 aromatic rings. The van der Waals surface area contributed by atoms with E-state index in [4.69, 9.17) is 24.8 Å². The maximum Gasteiger partial charge on any atom is 0.472 e. The molecule has 15 heteroatoms. The topological polar surface area (TPSA) is 229 Å². The maximum absolute atomic E-state index is 12.7. The molecule has 0 bridgehead atoms. The molecule has 1 fully saturated rings. The van der Waals surface area contributed by atoms with Gasteiger partial charge in [-0.25, -0.2) is 4.57 Å². The van der Waals surface area contributed by atoms with Crippen LogP contribution in [0, 0.1) is 11.8 Å². The first kappa shape index (κ1) is 54.3. The molecule has 7 atom stereocenters. The fraction of sp³-hybridized carbons (Fsp3) is 0.773. The average Bonchev–Trinajstić information content (AvgIpc) is 3.47. The fourth-order valence-corrected chi connectivity index (χ4v) is 7.47. The summed E-state index contributed by atoms with van der Waals surface area (Å²) in [6.45, 7) is 2.41. The van der Waals surface area contributed by atoms with E-state index in [-0.39, 0.29) is 36.9 Å². The molecule has 6 N–H and O–H groups in total. The Morgan fingerprint density at radius 1 is 0.797 bits per heavy atom. The van der Waals surface area contributed by atoms with E-state index in [1.54, 1.807) is 12.2 Å². The summed E-state index contributed by atoms with van der Waals surface area (Å²) in [4.78, 5) is 58.8. The number of unbranched alkanes of at least 4 members (excludes halogenated alkanes) is 13. The van der Waals surface area contributed by atoms with Gasteiger partial charge in [-0.1, -0.05) is 121 Å². The van der Waals surface area contributed by atoms with Crippen LogP contribution in [0.25, 0.3) is 0 Å². The fourth-order valence-electron chi connectivity index (χ4n) is 6.70. The zero-order valence-electron chi connectivity index (χ0n) is 35.8. The molecule has 1 aliphatic carbocycles. The van der Waals surface area contributed by atoms with Crippen molar-refractivity contribution in [3.05, 3.63) is 36.5 Å². The molecule has 0 saturated heterocycles. The summed E-state index contributed by atoms with van der Waals surface area (Å²) >= 11 is 0. The summed E-state index contributed by atoms with van der Waals surface area (Å²) in [6, 6.07) is -1.56. The molecule has 0 amide bonds. The number of aliphatic hydroxyl groups is 2.